The Morgan fingerprint density at radius 3 is 3.00 bits per heavy atom. The fourth-order valence-electron chi connectivity index (χ4n) is 3.15. The number of aromatic nitrogens is 5. The fourth-order valence-corrected chi connectivity index (χ4v) is 3.15. The molecule has 124 valence electrons. The van der Waals surface area contributed by atoms with Gasteiger partial charge in [-0.15, -0.1) is 0 Å². The van der Waals surface area contributed by atoms with Crippen molar-refractivity contribution in [1.29, 1.82) is 0 Å². The van der Waals surface area contributed by atoms with Crippen molar-refractivity contribution in [2.45, 2.75) is 44.3 Å². The second-order valence-corrected chi connectivity index (χ2v) is 6.64. The first-order valence-corrected chi connectivity index (χ1v) is 8.35. The molecule has 8 heteroatoms. The van der Waals surface area contributed by atoms with Crippen molar-refractivity contribution < 1.29 is 4.52 Å². The summed E-state index contributed by atoms with van der Waals surface area (Å²) in [4.78, 5) is 13.3. The molecule has 1 unspecified atom stereocenters. The van der Waals surface area contributed by atoms with Crippen LogP contribution < -0.4 is 0 Å². The molecule has 2 aliphatic rings. The molecular formula is C15H23N7O. The number of hydrogen-bond donors (Lipinski definition) is 0. The molecule has 0 N–H and O–H groups in total. The highest BCUT2D eigenvalue weighted by Gasteiger charge is 2.30. The highest BCUT2D eigenvalue weighted by Crippen LogP contribution is 2.38. The second kappa shape index (κ2) is 6.37. The van der Waals surface area contributed by atoms with Gasteiger partial charge >= 0.3 is 0 Å². The third-order valence-electron chi connectivity index (χ3n) is 4.78. The van der Waals surface area contributed by atoms with Crippen molar-refractivity contribution in [3.05, 3.63) is 24.4 Å². The third-order valence-corrected chi connectivity index (χ3v) is 4.78. The van der Waals surface area contributed by atoms with E-state index in [0.717, 1.165) is 44.4 Å². The lowest BCUT2D eigenvalue weighted by molar-refractivity contribution is 0.215. The first kappa shape index (κ1) is 14.8. The predicted molar refractivity (Wildman–Crippen MR) is 82.6 cm³/mol. The molecule has 0 radical (unpaired) electrons. The maximum absolute atomic E-state index is 5.34. The molecule has 1 saturated heterocycles. The minimum atomic E-state index is 0.528. The Kier molecular flexibility index (Phi) is 4.09. The van der Waals surface area contributed by atoms with Gasteiger partial charge in [0.25, 0.3) is 0 Å². The summed E-state index contributed by atoms with van der Waals surface area (Å²) in [5.74, 6) is 2.17. The topological polar surface area (TPSA) is 76.1 Å². The smallest absolute Gasteiger partial charge is 0.229 e. The highest BCUT2D eigenvalue weighted by atomic mass is 16.5. The molecule has 2 aromatic rings. The van der Waals surface area contributed by atoms with E-state index in [-0.39, 0.29) is 0 Å². The molecular weight excluding hydrogens is 294 g/mol. The van der Waals surface area contributed by atoms with Gasteiger partial charge in [0.1, 0.15) is 12.7 Å². The van der Waals surface area contributed by atoms with E-state index in [1.165, 1.54) is 19.3 Å². The first-order valence-electron chi connectivity index (χ1n) is 8.35. The fraction of sp³-hybridized carbons (Fsp3) is 0.733. The van der Waals surface area contributed by atoms with E-state index in [0.29, 0.717) is 12.0 Å². The van der Waals surface area contributed by atoms with Gasteiger partial charge in [0.2, 0.25) is 5.89 Å². The van der Waals surface area contributed by atoms with Crippen molar-refractivity contribution in [3.8, 4) is 0 Å². The Hall–Kier alpha value is -1.80. The third kappa shape index (κ3) is 3.59. The zero-order valence-corrected chi connectivity index (χ0v) is 13.5. The molecule has 2 aromatic heterocycles. The molecule has 1 atom stereocenters. The standard InChI is InChI=1S/C15H23N7O/c1-20(9-14-18-15(23-19-14)12-2-3-12)13-4-5-21(8-13)6-7-22-11-16-10-17-22/h10-13H,2-9H2,1H3. The molecule has 1 saturated carbocycles. The molecule has 3 heterocycles. The molecule has 0 spiro atoms. The van der Waals surface area contributed by atoms with Gasteiger partial charge in [-0.25, -0.2) is 4.98 Å². The molecule has 0 amide bonds. The summed E-state index contributed by atoms with van der Waals surface area (Å²) in [6.07, 6.45) is 6.93. The maximum atomic E-state index is 5.34. The predicted octanol–water partition coefficient (Wildman–Crippen LogP) is 0.745. The molecule has 8 nitrogen and oxygen atoms in total. The monoisotopic (exact) mass is 317 g/mol. The normalized spacial score (nSPS) is 22.3. The molecule has 0 aromatic carbocycles. The van der Waals surface area contributed by atoms with Gasteiger partial charge in [0, 0.05) is 25.0 Å². The van der Waals surface area contributed by atoms with Crippen molar-refractivity contribution >= 4 is 0 Å². The second-order valence-electron chi connectivity index (χ2n) is 6.64. The van der Waals surface area contributed by atoms with E-state index in [9.17, 15) is 0 Å². The van der Waals surface area contributed by atoms with E-state index in [2.05, 4.69) is 37.1 Å². The first-order chi connectivity index (χ1) is 11.3. The van der Waals surface area contributed by atoms with Crippen molar-refractivity contribution in [1.82, 2.24) is 34.7 Å². The summed E-state index contributed by atoms with van der Waals surface area (Å²) in [7, 11) is 2.15. The lowest BCUT2D eigenvalue weighted by atomic mass is 10.2. The van der Waals surface area contributed by atoms with E-state index < -0.39 is 0 Å². The van der Waals surface area contributed by atoms with Gasteiger partial charge in [0.15, 0.2) is 5.82 Å². The Balaban J connectivity index is 1.24. The SMILES string of the molecule is CN(Cc1noc(C2CC2)n1)C1CCN(CCn2cncn2)C1. The number of rotatable bonds is 7. The summed E-state index contributed by atoms with van der Waals surface area (Å²) in [6, 6.07) is 0.550. The maximum Gasteiger partial charge on any atom is 0.229 e. The van der Waals surface area contributed by atoms with Crippen LogP contribution in [0.25, 0.3) is 0 Å². The molecule has 2 fully saturated rings. The number of likely N-dealkylation sites (N-methyl/N-ethyl adjacent to an activating group) is 1. The summed E-state index contributed by atoms with van der Waals surface area (Å²) in [6.45, 7) is 4.88. The molecule has 1 aliphatic heterocycles. The van der Waals surface area contributed by atoms with Crippen LogP contribution in [-0.4, -0.2) is 67.4 Å². The van der Waals surface area contributed by atoms with Crippen LogP contribution in [0.5, 0.6) is 0 Å². The van der Waals surface area contributed by atoms with Gasteiger partial charge < -0.3 is 4.52 Å². The summed E-state index contributed by atoms with van der Waals surface area (Å²) in [5, 5.41) is 8.27. The van der Waals surface area contributed by atoms with Crippen LogP contribution >= 0.6 is 0 Å². The van der Waals surface area contributed by atoms with Gasteiger partial charge in [-0.2, -0.15) is 10.1 Å². The Labute approximate surface area is 135 Å². The van der Waals surface area contributed by atoms with Gasteiger partial charge in [-0.1, -0.05) is 5.16 Å². The lowest BCUT2D eigenvalue weighted by Gasteiger charge is -2.23. The lowest BCUT2D eigenvalue weighted by Crippen LogP contribution is -2.35. The zero-order chi connectivity index (χ0) is 15.6. The van der Waals surface area contributed by atoms with Crippen molar-refractivity contribution in [2.24, 2.45) is 0 Å². The van der Waals surface area contributed by atoms with Gasteiger partial charge in [-0.3, -0.25) is 14.5 Å². The zero-order valence-electron chi connectivity index (χ0n) is 13.5. The Morgan fingerprint density at radius 2 is 2.22 bits per heavy atom. The Morgan fingerprint density at radius 1 is 1.30 bits per heavy atom. The summed E-state index contributed by atoms with van der Waals surface area (Å²) in [5.41, 5.74) is 0. The molecule has 1 aliphatic carbocycles. The molecule has 23 heavy (non-hydrogen) atoms. The summed E-state index contributed by atoms with van der Waals surface area (Å²) < 4.78 is 7.22. The van der Waals surface area contributed by atoms with Crippen LogP contribution in [0.3, 0.4) is 0 Å². The van der Waals surface area contributed by atoms with E-state index in [4.69, 9.17) is 4.52 Å². The van der Waals surface area contributed by atoms with E-state index in [1.54, 1.807) is 12.7 Å². The van der Waals surface area contributed by atoms with Crippen molar-refractivity contribution in [2.75, 3.05) is 26.7 Å². The van der Waals surface area contributed by atoms with E-state index in [1.807, 2.05) is 4.68 Å². The van der Waals surface area contributed by atoms with Gasteiger partial charge in [0.05, 0.1) is 13.1 Å². The van der Waals surface area contributed by atoms with Crippen LogP contribution in [0, 0.1) is 0 Å². The number of likely N-dealkylation sites (tertiary alicyclic amines) is 1. The Bertz CT molecular complexity index is 622. The molecule has 4 rings (SSSR count). The number of nitrogens with zero attached hydrogens (tertiary/aromatic N) is 7. The largest absolute Gasteiger partial charge is 0.339 e. The van der Waals surface area contributed by atoms with Crippen molar-refractivity contribution in [3.63, 3.8) is 0 Å². The van der Waals surface area contributed by atoms with Crippen LogP contribution in [0.4, 0.5) is 0 Å². The van der Waals surface area contributed by atoms with Crippen LogP contribution in [0.15, 0.2) is 17.2 Å². The average Bonchev–Trinajstić information content (AvgIpc) is 3.00. The average molecular weight is 317 g/mol. The minimum absolute atomic E-state index is 0.528. The summed E-state index contributed by atoms with van der Waals surface area (Å²) >= 11 is 0. The van der Waals surface area contributed by atoms with E-state index >= 15 is 0 Å². The van der Waals surface area contributed by atoms with Gasteiger partial charge in [-0.05, 0) is 32.9 Å². The quantitative estimate of drug-likeness (QED) is 0.745. The molecule has 0 bridgehead atoms. The van der Waals surface area contributed by atoms with Crippen LogP contribution in [-0.2, 0) is 13.1 Å². The number of hydrogen-bond acceptors (Lipinski definition) is 7. The highest BCUT2D eigenvalue weighted by molar-refractivity contribution is 5.01. The van der Waals surface area contributed by atoms with Crippen LogP contribution in [0.1, 0.15) is 36.9 Å². The van der Waals surface area contributed by atoms with Crippen LogP contribution in [0.2, 0.25) is 0 Å². The minimum Gasteiger partial charge on any atom is -0.339 e.